The van der Waals surface area contributed by atoms with Crippen molar-refractivity contribution in [3.63, 3.8) is 0 Å². The summed E-state index contributed by atoms with van der Waals surface area (Å²) in [6.07, 6.45) is 5.31. The fourth-order valence-corrected chi connectivity index (χ4v) is 2.97. The van der Waals surface area contributed by atoms with Gasteiger partial charge < -0.3 is 19.9 Å². The van der Waals surface area contributed by atoms with Crippen molar-refractivity contribution < 1.29 is 4.74 Å². The molecule has 0 aromatic carbocycles. The Hall–Kier alpha value is -2.17. The second-order valence-corrected chi connectivity index (χ2v) is 6.09. The maximum Gasteiger partial charge on any atom is 0.225 e. The van der Waals surface area contributed by atoms with E-state index >= 15 is 0 Å². The molecule has 3 heterocycles. The highest BCUT2D eigenvalue weighted by Gasteiger charge is 2.21. The Morgan fingerprint density at radius 2 is 1.79 bits per heavy atom. The summed E-state index contributed by atoms with van der Waals surface area (Å²) in [5.74, 6) is 2.36. The third kappa shape index (κ3) is 5.91. The van der Waals surface area contributed by atoms with E-state index in [0.717, 1.165) is 50.2 Å². The van der Waals surface area contributed by atoms with Gasteiger partial charge in [-0.15, -0.1) is 24.0 Å². The van der Waals surface area contributed by atoms with Crippen molar-refractivity contribution in [2.24, 2.45) is 4.99 Å². The molecule has 1 fully saturated rings. The van der Waals surface area contributed by atoms with E-state index < -0.39 is 0 Å². The number of halogens is 1. The lowest BCUT2D eigenvalue weighted by molar-refractivity contribution is 0.323. The van der Waals surface area contributed by atoms with E-state index in [1.54, 1.807) is 18.6 Å². The summed E-state index contributed by atoms with van der Waals surface area (Å²) in [4.78, 5) is 22.3. The van der Waals surface area contributed by atoms with Crippen LogP contribution in [0.4, 0.5) is 5.95 Å². The van der Waals surface area contributed by atoms with Crippen molar-refractivity contribution in [1.82, 2.24) is 25.2 Å². The van der Waals surface area contributed by atoms with Gasteiger partial charge in [-0.25, -0.2) is 19.9 Å². The van der Waals surface area contributed by atoms with Gasteiger partial charge in [-0.1, -0.05) is 6.07 Å². The maximum atomic E-state index is 5.60. The first kappa shape index (κ1) is 22.1. The highest BCUT2D eigenvalue weighted by atomic mass is 127. The number of nitrogens with zero attached hydrogens (tertiary/aromatic N) is 6. The molecule has 0 spiro atoms. The van der Waals surface area contributed by atoms with Crippen LogP contribution in [-0.2, 0) is 6.54 Å². The van der Waals surface area contributed by atoms with Crippen LogP contribution >= 0.6 is 24.0 Å². The van der Waals surface area contributed by atoms with Crippen molar-refractivity contribution in [3.8, 4) is 5.88 Å². The Bertz CT molecular complexity index is 736. The second kappa shape index (κ2) is 11.6. The molecule has 9 heteroatoms. The van der Waals surface area contributed by atoms with Gasteiger partial charge in [0, 0.05) is 56.9 Å². The molecule has 28 heavy (non-hydrogen) atoms. The van der Waals surface area contributed by atoms with Crippen LogP contribution in [0.1, 0.15) is 19.4 Å². The molecule has 1 N–H and O–H groups in total. The molecule has 0 bridgehead atoms. The number of nitrogens with one attached hydrogen (secondary N) is 1. The van der Waals surface area contributed by atoms with Crippen LogP contribution in [-0.4, -0.2) is 65.1 Å². The summed E-state index contributed by atoms with van der Waals surface area (Å²) in [5.41, 5.74) is 0.992. The average Bonchev–Trinajstić information content (AvgIpc) is 2.73. The Kier molecular flexibility index (Phi) is 9.18. The summed E-state index contributed by atoms with van der Waals surface area (Å²) in [6.45, 7) is 9.47. The van der Waals surface area contributed by atoms with Crippen molar-refractivity contribution in [2.45, 2.75) is 20.4 Å². The van der Waals surface area contributed by atoms with Crippen molar-refractivity contribution in [1.29, 1.82) is 0 Å². The SMILES string of the molecule is CCNC(=NCc1cccnc1OCC)N1CCN(c2ncccn2)CC1.I. The normalized spacial score (nSPS) is 14.4. The van der Waals surface area contributed by atoms with Crippen molar-refractivity contribution >= 4 is 35.9 Å². The van der Waals surface area contributed by atoms with E-state index in [4.69, 9.17) is 9.73 Å². The first-order valence-corrected chi connectivity index (χ1v) is 9.43. The number of guanidine groups is 1. The summed E-state index contributed by atoms with van der Waals surface area (Å²) in [5, 5.41) is 3.39. The maximum absolute atomic E-state index is 5.60. The second-order valence-electron chi connectivity index (χ2n) is 6.09. The Morgan fingerprint density at radius 1 is 1.07 bits per heavy atom. The smallest absolute Gasteiger partial charge is 0.225 e. The molecule has 3 rings (SSSR count). The van der Waals surface area contributed by atoms with Gasteiger partial charge >= 0.3 is 0 Å². The molecule has 2 aromatic heterocycles. The number of anilines is 1. The zero-order valence-corrected chi connectivity index (χ0v) is 18.7. The standard InChI is InChI=1S/C19H27N7O.HI/c1-3-20-18(24-15-16-7-5-8-21-17(16)27-4-2)25-11-13-26(14-12-25)19-22-9-6-10-23-19;/h5-10H,3-4,11-15H2,1-2H3,(H,20,24);1H. The van der Waals surface area contributed by atoms with E-state index in [-0.39, 0.29) is 24.0 Å². The third-order valence-electron chi connectivity index (χ3n) is 4.28. The molecule has 8 nitrogen and oxygen atoms in total. The molecule has 0 amide bonds. The molecule has 0 atom stereocenters. The summed E-state index contributed by atoms with van der Waals surface area (Å²) in [7, 11) is 0. The molecule has 1 saturated heterocycles. The Morgan fingerprint density at radius 3 is 2.46 bits per heavy atom. The lowest BCUT2D eigenvalue weighted by Crippen LogP contribution is -2.53. The fraction of sp³-hybridized carbons (Fsp3) is 0.474. The first-order chi connectivity index (χ1) is 13.3. The zero-order chi connectivity index (χ0) is 18.9. The quantitative estimate of drug-likeness (QED) is 0.373. The summed E-state index contributed by atoms with van der Waals surface area (Å²) in [6, 6.07) is 5.76. The molecular weight excluding hydrogens is 469 g/mol. The lowest BCUT2D eigenvalue weighted by Gasteiger charge is -2.36. The monoisotopic (exact) mass is 497 g/mol. The number of rotatable bonds is 6. The zero-order valence-electron chi connectivity index (χ0n) is 16.4. The molecule has 0 aliphatic carbocycles. The van der Waals surface area contributed by atoms with Crippen molar-refractivity contribution in [3.05, 3.63) is 42.4 Å². The minimum Gasteiger partial charge on any atom is -0.478 e. The molecule has 0 unspecified atom stereocenters. The number of pyridine rings is 1. The molecule has 1 aliphatic heterocycles. The van der Waals surface area contributed by atoms with Gasteiger partial charge in [-0.2, -0.15) is 0 Å². The molecule has 1 aliphatic rings. The fourth-order valence-electron chi connectivity index (χ4n) is 2.97. The highest BCUT2D eigenvalue weighted by molar-refractivity contribution is 14.0. The minimum atomic E-state index is 0. The van der Waals surface area contributed by atoms with E-state index in [1.807, 2.05) is 25.1 Å². The minimum absolute atomic E-state index is 0. The van der Waals surface area contributed by atoms with Gasteiger partial charge in [0.25, 0.3) is 0 Å². The van der Waals surface area contributed by atoms with Crippen LogP contribution in [0, 0.1) is 0 Å². The summed E-state index contributed by atoms with van der Waals surface area (Å²) >= 11 is 0. The van der Waals surface area contributed by atoms with Gasteiger partial charge in [-0.05, 0) is 26.0 Å². The van der Waals surface area contributed by atoms with Crippen molar-refractivity contribution in [2.75, 3.05) is 44.2 Å². The largest absolute Gasteiger partial charge is 0.478 e. The van der Waals surface area contributed by atoms with Crippen LogP contribution in [0.15, 0.2) is 41.8 Å². The van der Waals surface area contributed by atoms with E-state index in [2.05, 4.69) is 37.0 Å². The van der Waals surface area contributed by atoms with Gasteiger partial charge in [0.05, 0.1) is 13.2 Å². The number of piperazine rings is 1. The van der Waals surface area contributed by atoms with Gasteiger partial charge in [-0.3, -0.25) is 0 Å². The Labute approximate surface area is 183 Å². The molecule has 0 saturated carbocycles. The number of aromatic nitrogens is 3. The molecule has 152 valence electrons. The third-order valence-corrected chi connectivity index (χ3v) is 4.28. The Balaban J connectivity index is 0.00000280. The molecule has 2 aromatic rings. The van der Waals surface area contributed by atoms with Crippen LogP contribution < -0.4 is 15.0 Å². The average molecular weight is 497 g/mol. The number of aliphatic imine (C=N–C) groups is 1. The van der Waals surface area contributed by atoms with E-state index in [1.165, 1.54) is 0 Å². The predicted molar refractivity (Wildman–Crippen MR) is 121 cm³/mol. The van der Waals surface area contributed by atoms with Crippen LogP contribution in [0.5, 0.6) is 5.88 Å². The number of hydrogen-bond donors (Lipinski definition) is 1. The number of ether oxygens (including phenoxy) is 1. The van der Waals surface area contributed by atoms with E-state index in [0.29, 0.717) is 19.0 Å². The summed E-state index contributed by atoms with van der Waals surface area (Å²) < 4.78 is 5.60. The van der Waals surface area contributed by atoms with Gasteiger partial charge in [0.2, 0.25) is 11.8 Å². The van der Waals surface area contributed by atoms with Crippen LogP contribution in [0.2, 0.25) is 0 Å². The predicted octanol–water partition coefficient (Wildman–Crippen LogP) is 2.18. The first-order valence-electron chi connectivity index (χ1n) is 9.43. The number of hydrogen-bond acceptors (Lipinski definition) is 6. The van der Waals surface area contributed by atoms with Crippen LogP contribution in [0.25, 0.3) is 0 Å². The van der Waals surface area contributed by atoms with Gasteiger partial charge in [0.1, 0.15) is 0 Å². The van der Waals surface area contributed by atoms with E-state index in [9.17, 15) is 0 Å². The molecule has 0 radical (unpaired) electrons. The highest BCUT2D eigenvalue weighted by Crippen LogP contribution is 2.16. The topological polar surface area (TPSA) is 78.8 Å². The van der Waals surface area contributed by atoms with Crippen LogP contribution in [0.3, 0.4) is 0 Å². The lowest BCUT2D eigenvalue weighted by atomic mass is 10.3. The molecular formula is C19H28IN7O. The van der Waals surface area contributed by atoms with Gasteiger partial charge in [0.15, 0.2) is 5.96 Å².